The van der Waals surface area contributed by atoms with Crippen LogP contribution in [-0.4, -0.2) is 34.3 Å². The lowest BCUT2D eigenvalue weighted by molar-refractivity contribution is -0.123. The third-order valence-corrected chi connectivity index (χ3v) is 3.36. The maximum absolute atomic E-state index is 12.2. The summed E-state index contributed by atoms with van der Waals surface area (Å²) in [6.07, 6.45) is 0. The molecule has 2 aromatic rings. The Morgan fingerprint density at radius 3 is 2.50 bits per heavy atom. The molecule has 126 valence electrons. The monoisotopic (exact) mass is 330 g/mol. The number of nitrogens with two attached hydrogens (primary N) is 1. The minimum atomic E-state index is -1.00. The van der Waals surface area contributed by atoms with Crippen molar-refractivity contribution < 1.29 is 19.1 Å². The van der Waals surface area contributed by atoms with Crippen molar-refractivity contribution >= 4 is 17.9 Å². The van der Waals surface area contributed by atoms with Crippen LogP contribution in [0.3, 0.4) is 0 Å². The summed E-state index contributed by atoms with van der Waals surface area (Å²) < 4.78 is 6.60. The standard InChI is InChI=1S/C16H18N4O4/c1-10-14(15(22)24-9-13(21)18-16(17)23)11(2)20(19-10)8-12-6-4-3-5-7-12/h3-7H,8-9H2,1-2H3,(H3,17,18,21,23). The fourth-order valence-electron chi connectivity index (χ4n) is 2.28. The van der Waals surface area contributed by atoms with Crippen molar-refractivity contribution in [3.63, 3.8) is 0 Å². The average molecular weight is 330 g/mol. The molecular weight excluding hydrogens is 312 g/mol. The van der Waals surface area contributed by atoms with E-state index in [4.69, 9.17) is 10.5 Å². The predicted octanol–water partition coefficient (Wildman–Crippen LogP) is 0.900. The first-order chi connectivity index (χ1) is 11.4. The van der Waals surface area contributed by atoms with Crippen LogP contribution in [0.5, 0.6) is 0 Å². The Morgan fingerprint density at radius 2 is 1.88 bits per heavy atom. The SMILES string of the molecule is Cc1nn(Cc2ccccc2)c(C)c1C(=O)OCC(=O)NC(N)=O. The van der Waals surface area contributed by atoms with E-state index in [1.54, 1.807) is 18.5 Å². The normalized spacial score (nSPS) is 10.2. The zero-order valence-electron chi connectivity index (χ0n) is 13.4. The van der Waals surface area contributed by atoms with Gasteiger partial charge in [0.15, 0.2) is 6.61 Å². The van der Waals surface area contributed by atoms with Crippen molar-refractivity contribution in [1.82, 2.24) is 15.1 Å². The molecule has 0 saturated carbocycles. The summed E-state index contributed by atoms with van der Waals surface area (Å²) >= 11 is 0. The highest BCUT2D eigenvalue weighted by molar-refractivity contribution is 5.97. The number of primary amides is 1. The number of hydrogen-bond acceptors (Lipinski definition) is 5. The number of hydrogen-bond donors (Lipinski definition) is 2. The van der Waals surface area contributed by atoms with Crippen molar-refractivity contribution in [2.45, 2.75) is 20.4 Å². The Hall–Kier alpha value is -3.16. The summed E-state index contributed by atoms with van der Waals surface area (Å²) in [5, 5.41) is 6.16. The minimum absolute atomic E-state index is 0.304. The predicted molar refractivity (Wildman–Crippen MR) is 85.3 cm³/mol. The van der Waals surface area contributed by atoms with Gasteiger partial charge in [-0.05, 0) is 19.4 Å². The molecule has 0 aliphatic rings. The first-order valence-corrected chi connectivity index (χ1v) is 7.23. The molecule has 2 rings (SSSR count). The van der Waals surface area contributed by atoms with E-state index in [-0.39, 0.29) is 0 Å². The van der Waals surface area contributed by atoms with Crippen LogP contribution < -0.4 is 11.1 Å². The van der Waals surface area contributed by atoms with E-state index in [1.165, 1.54) is 0 Å². The van der Waals surface area contributed by atoms with Crippen LogP contribution in [0.25, 0.3) is 0 Å². The third kappa shape index (κ3) is 4.19. The lowest BCUT2D eigenvalue weighted by Crippen LogP contribution is -2.37. The number of ether oxygens (including phenoxy) is 1. The average Bonchev–Trinajstić information content (AvgIpc) is 2.79. The van der Waals surface area contributed by atoms with Gasteiger partial charge in [-0.25, -0.2) is 9.59 Å². The van der Waals surface area contributed by atoms with Crippen LogP contribution in [0.4, 0.5) is 4.79 Å². The van der Waals surface area contributed by atoms with Gasteiger partial charge in [-0.1, -0.05) is 30.3 Å². The number of amides is 3. The molecule has 1 aromatic carbocycles. The number of aromatic nitrogens is 2. The number of aryl methyl sites for hydroxylation is 1. The lowest BCUT2D eigenvalue weighted by Gasteiger charge is -2.06. The molecule has 0 bridgehead atoms. The minimum Gasteiger partial charge on any atom is -0.452 e. The summed E-state index contributed by atoms with van der Waals surface area (Å²) in [6.45, 7) is 3.37. The van der Waals surface area contributed by atoms with Crippen LogP contribution in [0.1, 0.15) is 27.3 Å². The summed E-state index contributed by atoms with van der Waals surface area (Å²) in [5.41, 5.74) is 7.30. The van der Waals surface area contributed by atoms with Gasteiger partial charge in [-0.3, -0.25) is 14.8 Å². The number of rotatable bonds is 5. The fraction of sp³-hybridized carbons (Fsp3) is 0.250. The quantitative estimate of drug-likeness (QED) is 0.790. The Kier molecular flexibility index (Phi) is 5.31. The second kappa shape index (κ2) is 7.40. The molecule has 24 heavy (non-hydrogen) atoms. The summed E-state index contributed by atoms with van der Waals surface area (Å²) in [4.78, 5) is 34.0. The molecule has 0 fully saturated rings. The second-order valence-corrected chi connectivity index (χ2v) is 5.18. The summed E-state index contributed by atoms with van der Waals surface area (Å²) in [5.74, 6) is -1.47. The molecule has 0 aliphatic carbocycles. The van der Waals surface area contributed by atoms with Gasteiger partial charge in [0, 0.05) is 0 Å². The Balaban J connectivity index is 2.09. The maximum Gasteiger partial charge on any atom is 0.342 e. The van der Waals surface area contributed by atoms with E-state index in [0.717, 1.165) is 5.56 Å². The van der Waals surface area contributed by atoms with Crippen LogP contribution in [0, 0.1) is 13.8 Å². The van der Waals surface area contributed by atoms with Crippen LogP contribution in [0.15, 0.2) is 30.3 Å². The van der Waals surface area contributed by atoms with Crippen molar-refractivity contribution in [2.24, 2.45) is 5.73 Å². The van der Waals surface area contributed by atoms with Crippen molar-refractivity contribution in [1.29, 1.82) is 0 Å². The number of esters is 1. The maximum atomic E-state index is 12.2. The Labute approximate surface area is 138 Å². The van der Waals surface area contributed by atoms with Gasteiger partial charge in [0.2, 0.25) is 0 Å². The first kappa shape index (κ1) is 17.2. The van der Waals surface area contributed by atoms with Gasteiger partial charge >= 0.3 is 12.0 Å². The molecule has 0 atom stereocenters. The Morgan fingerprint density at radius 1 is 1.21 bits per heavy atom. The van der Waals surface area contributed by atoms with E-state index in [9.17, 15) is 14.4 Å². The van der Waals surface area contributed by atoms with Gasteiger partial charge in [0.25, 0.3) is 5.91 Å². The van der Waals surface area contributed by atoms with Gasteiger partial charge in [-0.15, -0.1) is 0 Å². The molecule has 0 spiro atoms. The van der Waals surface area contributed by atoms with Crippen LogP contribution >= 0.6 is 0 Å². The van der Waals surface area contributed by atoms with Crippen molar-refractivity contribution in [3.05, 3.63) is 52.8 Å². The zero-order valence-corrected chi connectivity index (χ0v) is 13.4. The van der Waals surface area contributed by atoms with Gasteiger partial charge in [0.1, 0.15) is 5.56 Å². The van der Waals surface area contributed by atoms with Crippen molar-refractivity contribution in [2.75, 3.05) is 6.61 Å². The number of urea groups is 1. The molecule has 0 radical (unpaired) electrons. The third-order valence-electron chi connectivity index (χ3n) is 3.36. The number of nitrogens with one attached hydrogen (secondary N) is 1. The van der Waals surface area contributed by atoms with Gasteiger partial charge in [-0.2, -0.15) is 5.10 Å². The summed E-state index contributed by atoms with van der Waals surface area (Å²) in [6, 6.07) is 8.69. The molecule has 0 aliphatic heterocycles. The van der Waals surface area contributed by atoms with Crippen LogP contribution in [-0.2, 0) is 16.1 Å². The van der Waals surface area contributed by atoms with E-state index in [1.807, 2.05) is 35.6 Å². The van der Waals surface area contributed by atoms with E-state index in [2.05, 4.69) is 5.10 Å². The molecule has 3 amide bonds. The topological polar surface area (TPSA) is 116 Å². The number of imide groups is 1. The Bertz CT molecular complexity index is 768. The van der Waals surface area contributed by atoms with Gasteiger partial charge < -0.3 is 10.5 Å². The summed E-state index contributed by atoms with van der Waals surface area (Å²) in [7, 11) is 0. The lowest BCUT2D eigenvalue weighted by atomic mass is 10.2. The van der Waals surface area contributed by atoms with Crippen molar-refractivity contribution in [3.8, 4) is 0 Å². The molecule has 0 saturated heterocycles. The zero-order chi connectivity index (χ0) is 17.7. The number of nitrogens with zero attached hydrogens (tertiary/aromatic N) is 2. The molecule has 1 aromatic heterocycles. The van der Waals surface area contributed by atoms with Crippen LogP contribution in [0.2, 0.25) is 0 Å². The highest BCUT2D eigenvalue weighted by Crippen LogP contribution is 2.16. The smallest absolute Gasteiger partial charge is 0.342 e. The van der Waals surface area contributed by atoms with E-state index < -0.39 is 24.5 Å². The second-order valence-electron chi connectivity index (χ2n) is 5.18. The fourth-order valence-corrected chi connectivity index (χ4v) is 2.28. The van der Waals surface area contributed by atoms with E-state index >= 15 is 0 Å². The first-order valence-electron chi connectivity index (χ1n) is 7.23. The molecule has 1 heterocycles. The number of benzene rings is 1. The molecule has 8 nitrogen and oxygen atoms in total. The van der Waals surface area contributed by atoms with Gasteiger partial charge in [0.05, 0.1) is 17.9 Å². The highest BCUT2D eigenvalue weighted by Gasteiger charge is 2.21. The highest BCUT2D eigenvalue weighted by atomic mass is 16.5. The largest absolute Gasteiger partial charge is 0.452 e. The number of carbonyl (C=O) groups excluding carboxylic acids is 3. The molecular formula is C16H18N4O4. The molecule has 3 N–H and O–H groups in total. The molecule has 0 unspecified atom stereocenters. The number of carbonyl (C=O) groups is 3. The molecule has 8 heteroatoms. The van der Waals surface area contributed by atoms with E-state index in [0.29, 0.717) is 23.5 Å².